The van der Waals surface area contributed by atoms with E-state index in [4.69, 9.17) is 0 Å². The smallest absolute Gasteiger partial charge is 0.254 e. The second kappa shape index (κ2) is 7.30. The van der Waals surface area contributed by atoms with Gasteiger partial charge in [0.25, 0.3) is 5.91 Å². The van der Waals surface area contributed by atoms with Crippen LogP contribution in [0.2, 0.25) is 0 Å². The molecule has 0 radical (unpaired) electrons. The summed E-state index contributed by atoms with van der Waals surface area (Å²) in [5.74, 6) is 0.254. The van der Waals surface area contributed by atoms with Crippen molar-refractivity contribution in [1.82, 2.24) is 19.7 Å². The number of pyridine rings is 1. The minimum Gasteiger partial charge on any atom is -0.334 e. The fourth-order valence-corrected chi connectivity index (χ4v) is 3.14. The number of aromatic nitrogens is 3. The molecule has 5 nitrogen and oxygen atoms in total. The highest BCUT2D eigenvalue weighted by atomic mass is 16.2. The van der Waals surface area contributed by atoms with Gasteiger partial charge in [0, 0.05) is 37.4 Å². The predicted octanol–water partition coefficient (Wildman–Crippen LogP) is 3.74. The van der Waals surface area contributed by atoms with Gasteiger partial charge in [0.1, 0.15) is 0 Å². The van der Waals surface area contributed by atoms with Crippen molar-refractivity contribution in [3.8, 4) is 5.69 Å². The van der Waals surface area contributed by atoms with Gasteiger partial charge in [-0.1, -0.05) is 26.0 Å². The Morgan fingerprint density at radius 2 is 1.96 bits per heavy atom. The lowest BCUT2D eigenvalue weighted by Gasteiger charge is -2.31. The Labute approximate surface area is 147 Å². The van der Waals surface area contributed by atoms with E-state index in [1.807, 2.05) is 61.9 Å². The average Bonchev–Trinajstić information content (AvgIpc) is 3.16. The summed E-state index contributed by atoms with van der Waals surface area (Å²) in [5.41, 5.74) is 2.55. The summed E-state index contributed by atoms with van der Waals surface area (Å²) in [5, 5.41) is 4.23. The Hall–Kier alpha value is -2.95. The van der Waals surface area contributed by atoms with Crippen molar-refractivity contribution in [2.24, 2.45) is 5.92 Å². The maximum atomic E-state index is 13.1. The molecule has 1 unspecified atom stereocenters. The lowest BCUT2D eigenvalue weighted by molar-refractivity contribution is 0.0687. The Morgan fingerprint density at radius 1 is 1.12 bits per heavy atom. The van der Waals surface area contributed by atoms with Gasteiger partial charge in [0.2, 0.25) is 0 Å². The van der Waals surface area contributed by atoms with Crippen molar-refractivity contribution < 1.29 is 4.79 Å². The zero-order valence-electron chi connectivity index (χ0n) is 14.7. The van der Waals surface area contributed by atoms with Crippen molar-refractivity contribution in [2.75, 3.05) is 7.05 Å². The van der Waals surface area contributed by atoms with E-state index in [2.05, 4.69) is 23.9 Å². The van der Waals surface area contributed by atoms with Gasteiger partial charge in [-0.3, -0.25) is 9.78 Å². The molecule has 0 bridgehead atoms. The van der Waals surface area contributed by atoms with Crippen molar-refractivity contribution in [3.05, 3.63) is 78.4 Å². The van der Waals surface area contributed by atoms with Gasteiger partial charge >= 0.3 is 0 Å². The summed E-state index contributed by atoms with van der Waals surface area (Å²) in [4.78, 5) is 19.1. The van der Waals surface area contributed by atoms with E-state index in [-0.39, 0.29) is 17.9 Å². The predicted molar refractivity (Wildman–Crippen MR) is 97.5 cm³/mol. The number of amides is 1. The SMILES string of the molecule is CC(C)C(c1cccnc1)N(C)C(=O)c1cccc(-n2cccn2)c1. The highest BCUT2D eigenvalue weighted by Crippen LogP contribution is 2.28. The summed E-state index contributed by atoms with van der Waals surface area (Å²) >= 11 is 0. The minimum absolute atomic E-state index is 0.0171. The van der Waals surface area contributed by atoms with E-state index < -0.39 is 0 Å². The van der Waals surface area contributed by atoms with Gasteiger partial charge in [-0.25, -0.2) is 4.68 Å². The zero-order chi connectivity index (χ0) is 17.8. The summed E-state index contributed by atoms with van der Waals surface area (Å²) in [7, 11) is 1.85. The standard InChI is InChI=1S/C20H22N4O/c1-15(2)19(17-8-5-10-21-14-17)23(3)20(25)16-7-4-9-18(13-16)24-12-6-11-22-24/h4-15,19H,1-3H3. The molecule has 2 aromatic heterocycles. The molecule has 1 amide bonds. The second-order valence-corrected chi connectivity index (χ2v) is 6.39. The third-order valence-corrected chi connectivity index (χ3v) is 4.26. The van der Waals surface area contributed by atoms with Crippen LogP contribution in [-0.2, 0) is 0 Å². The quantitative estimate of drug-likeness (QED) is 0.714. The van der Waals surface area contributed by atoms with Gasteiger partial charge < -0.3 is 4.90 Å². The summed E-state index contributed by atoms with van der Waals surface area (Å²) in [6.07, 6.45) is 7.16. The number of benzene rings is 1. The molecule has 0 saturated heterocycles. The number of carbonyl (C=O) groups excluding carboxylic acids is 1. The van der Waals surface area contributed by atoms with Crippen LogP contribution in [-0.4, -0.2) is 32.6 Å². The normalized spacial score (nSPS) is 12.2. The average molecular weight is 334 g/mol. The lowest BCUT2D eigenvalue weighted by Crippen LogP contribution is -2.34. The largest absolute Gasteiger partial charge is 0.334 e. The van der Waals surface area contributed by atoms with Crippen molar-refractivity contribution >= 4 is 5.91 Å². The Kier molecular flexibility index (Phi) is 4.93. The van der Waals surface area contributed by atoms with Gasteiger partial charge in [0.05, 0.1) is 11.7 Å². The molecule has 0 spiro atoms. The van der Waals surface area contributed by atoms with Crippen LogP contribution in [0.3, 0.4) is 0 Å². The lowest BCUT2D eigenvalue weighted by atomic mass is 9.95. The maximum absolute atomic E-state index is 13.1. The van der Waals surface area contributed by atoms with Crippen molar-refractivity contribution in [3.63, 3.8) is 0 Å². The first-order chi connectivity index (χ1) is 12.1. The molecule has 0 aliphatic heterocycles. The fraction of sp³-hybridized carbons (Fsp3) is 0.250. The summed E-state index contributed by atoms with van der Waals surface area (Å²) in [6.45, 7) is 4.23. The molecule has 1 atom stereocenters. The van der Waals surface area contributed by atoms with Crippen LogP contribution in [0.5, 0.6) is 0 Å². The van der Waals surface area contributed by atoms with Crippen molar-refractivity contribution in [1.29, 1.82) is 0 Å². The first kappa shape index (κ1) is 16.9. The molecule has 3 aromatic rings. The molecule has 0 N–H and O–H groups in total. The van der Waals surface area contributed by atoms with E-state index in [1.165, 1.54) is 0 Å². The van der Waals surface area contributed by atoms with E-state index in [1.54, 1.807) is 22.0 Å². The highest BCUT2D eigenvalue weighted by molar-refractivity contribution is 5.94. The van der Waals surface area contributed by atoms with Crippen LogP contribution in [0.15, 0.2) is 67.3 Å². The number of carbonyl (C=O) groups is 1. The topological polar surface area (TPSA) is 51.0 Å². The minimum atomic E-state index is -0.0328. The number of rotatable bonds is 5. The molecule has 128 valence electrons. The zero-order valence-corrected chi connectivity index (χ0v) is 14.7. The molecule has 5 heteroatoms. The van der Waals surface area contributed by atoms with Crippen LogP contribution in [0.25, 0.3) is 5.69 Å². The van der Waals surface area contributed by atoms with E-state index in [9.17, 15) is 4.79 Å². The molecular formula is C20H22N4O. The molecule has 0 fully saturated rings. The van der Waals surface area contributed by atoms with E-state index in [0.717, 1.165) is 11.3 Å². The van der Waals surface area contributed by atoms with Crippen LogP contribution in [0.4, 0.5) is 0 Å². The second-order valence-electron chi connectivity index (χ2n) is 6.39. The van der Waals surface area contributed by atoms with Crippen LogP contribution >= 0.6 is 0 Å². The molecule has 0 aliphatic carbocycles. The van der Waals surface area contributed by atoms with Crippen LogP contribution in [0.1, 0.15) is 35.8 Å². The molecule has 1 aromatic carbocycles. The van der Waals surface area contributed by atoms with E-state index in [0.29, 0.717) is 5.56 Å². The van der Waals surface area contributed by atoms with Gasteiger partial charge in [-0.2, -0.15) is 5.10 Å². The Balaban J connectivity index is 1.90. The number of hydrogen-bond donors (Lipinski definition) is 0. The molecule has 2 heterocycles. The Morgan fingerprint density at radius 3 is 2.60 bits per heavy atom. The third kappa shape index (κ3) is 3.60. The molecule has 25 heavy (non-hydrogen) atoms. The number of hydrogen-bond acceptors (Lipinski definition) is 3. The monoisotopic (exact) mass is 334 g/mol. The van der Waals surface area contributed by atoms with Gasteiger partial charge in [-0.15, -0.1) is 0 Å². The first-order valence-electron chi connectivity index (χ1n) is 8.35. The van der Waals surface area contributed by atoms with Crippen LogP contribution in [0, 0.1) is 5.92 Å². The third-order valence-electron chi connectivity index (χ3n) is 4.26. The molecule has 0 aliphatic rings. The van der Waals surface area contributed by atoms with Gasteiger partial charge in [0.15, 0.2) is 0 Å². The van der Waals surface area contributed by atoms with Gasteiger partial charge in [-0.05, 0) is 41.8 Å². The highest BCUT2D eigenvalue weighted by Gasteiger charge is 2.25. The maximum Gasteiger partial charge on any atom is 0.254 e. The molecular weight excluding hydrogens is 312 g/mol. The summed E-state index contributed by atoms with van der Waals surface area (Å²) in [6, 6.07) is 13.3. The molecule has 0 saturated carbocycles. The number of nitrogens with zero attached hydrogens (tertiary/aromatic N) is 4. The Bertz CT molecular complexity index is 828. The van der Waals surface area contributed by atoms with Crippen molar-refractivity contribution in [2.45, 2.75) is 19.9 Å². The van der Waals surface area contributed by atoms with Crippen LogP contribution < -0.4 is 0 Å². The fourth-order valence-electron chi connectivity index (χ4n) is 3.14. The molecule has 3 rings (SSSR count). The van der Waals surface area contributed by atoms with E-state index >= 15 is 0 Å². The summed E-state index contributed by atoms with van der Waals surface area (Å²) < 4.78 is 1.75. The first-order valence-corrected chi connectivity index (χ1v) is 8.35.